The third kappa shape index (κ3) is 2.20. The van der Waals surface area contributed by atoms with Crippen molar-refractivity contribution >= 4 is 5.69 Å². The molecule has 1 aromatic rings. The fourth-order valence-corrected chi connectivity index (χ4v) is 3.44. The molecular weight excluding hydrogens is 254 g/mol. The summed E-state index contributed by atoms with van der Waals surface area (Å²) in [5.74, 6) is 0. The van der Waals surface area contributed by atoms with Crippen LogP contribution < -0.4 is 4.90 Å². The minimum atomic E-state index is -0.445. The second-order valence-electron chi connectivity index (χ2n) is 6.04. The van der Waals surface area contributed by atoms with Gasteiger partial charge >= 0.3 is 0 Å². The third-order valence-electron chi connectivity index (χ3n) is 4.58. The molecule has 0 amide bonds. The smallest absolute Gasteiger partial charge is 0.136 e. The molecule has 0 bridgehead atoms. The van der Waals surface area contributed by atoms with Gasteiger partial charge in [0.05, 0.1) is 12.1 Å². The summed E-state index contributed by atoms with van der Waals surface area (Å²) in [6, 6.07) is 8.07. The summed E-state index contributed by atoms with van der Waals surface area (Å²) in [6.07, 6.45) is 3.70. The first-order valence-corrected chi connectivity index (χ1v) is 7.31. The Morgan fingerprint density at radius 1 is 0.950 bits per heavy atom. The van der Waals surface area contributed by atoms with Crippen LogP contribution in [-0.2, 0) is 0 Å². The van der Waals surface area contributed by atoms with Crippen molar-refractivity contribution in [2.45, 2.75) is 43.9 Å². The molecule has 0 aromatic heterocycles. The van der Waals surface area contributed by atoms with Crippen molar-refractivity contribution in [1.29, 1.82) is 0 Å². The van der Waals surface area contributed by atoms with Gasteiger partial charge < -0.3 is 15.3 Å². The van der Waals surface area contributed by atoms with Crippen LogP contribution in [0.15, 0.2) is 24.3 Å². The highest BCUT2D eigenvalue weighted by atomic mass is 16.6. The molecule has 0 radical (unpaired) electrons. The van der Waals surface area contributed by atoms with Gasteiger partial charge in [0.1, 0.15) is 6.17 Å². The van der Waals surface area contributed by atoms with Crippen LogP contribution in [0.2, 0.25) is 0 Å². The van der Waals surface area contributed by atoms with Crippen LogP contribution in [-0.4, -0.2) is 46.7 Å². The predicted octanol–water partition coefficient (Wildman–Crippen LogP) is 2.46. The maximum absolute atomic E-state index is 10.4. The van der Waals surface area contributed by atoms with Gasteiger partial charge in [0, 0.05) is 19.8 Å². The topological polar surface area (TPSA) is 50.2 Å². The molecule has 3 rings (SSSR count). The van der Waals surface area contributed by atoms with Crippen LogP contribution in [0.5, 0.6) is 0 Å². The van der Waals surface area contributed by atoms with Gasteiger partial charge in [-0.15, -0.1) is 0 Å². The average molecular weight is 277 g/mol. The minimum Gasteiger partial charge on any atom is -0.378 e. The van der Waals surface area contributed by atoms with E-state index in [0.717, 1.165) is 36.9 Å². The van der Waals surface area contributed by atoms with E-state index in [1.807, 2.05) is 43.3 Å². The molecule has 1 saturated carbocycles. The van der Waals surface area contributed by atoms with Crippen molar-refractivity contribution in [3.63, 3.8) is 0 Å². The quantitative estimate of drug-likeness (QED) is 0.869. The number of fused-ring (bicyclic) bond motifs is 1. The highest BCUT2D eigenvalue weighted by Gasteiger charge is 2.47. The Morgan fingerprint density at radius 2 is 1.45 bits per heavy atom. The molecule has 1 aromatic carbocycles. The second kappa shape index (κ2) is 5.33. The Hall–Kier alpha value is -1.14. The number of hydrogen-bond donors (Lipinski definition) is 2. The third-order valence-corrected chi connectivity index (χ3v) is 4.58. The van der Waals surface area contributed by atoms with Gasteiger partial charge in [-0.25, -0.2) is 0 Å². The van der Waals surface area contributed by atoms with Crippen LogP contribution in [0.4, 0.5) is 5.69 Å². The van der Waals surface area contributed by atoms with Gasteiger partial charge in [-0.2, -0.15) is 10.1 Å². The Labute approximate surface area is 119 Å². The lowest BCUT2D eigenvalue weighted by Crippen LogP contribution is -2.37. The molecule has 5 nitrogen and oxygen atoms in total. The summed E-state index contributed by atoms with van der Waals surface area (Å²) in [5.41, 5.74) is 2.04. The molecule has 2 fully saturated rings. The minimum absolute atomic E-state index is 0.0484. The summed E-state index contributed by atoms with van der Waals surface area (Å²) in [6.45, 7) is 0. The van der Waals surface area contributed by atoms with Crippen LogP contribution in [0.3, 0.4) is 0 Å². The number of hydrogen-bond acceptors (Lipinski definition) is 5. The average Bonchev–Trinajstić information content (AvgIpc) is 2.72. The monoisotopic (exact) mass is 277 g/mol. The normalized spacial score (nSPS) is 28.6. The molecule has 5 heteroatoms. The number of hydroxylamine groups is 4. The molecule has 1 saturated heterocycles. The fraction of sp³-hybridized carbons (Fsp3) is 0.600. The van der Waals surface area contributed by atoms with Crippen molar-refractivity contribution in [1.82, 2.24) is 10.1 Å². The van der Waals surface area contributed by atoms with Crippen LogP contribution in [0.25, 0.3) is 0 Å². The fourth-order valence-electron chi connectivity index (χ4n) is 3.44. The van der Waals surface area contributed by atoms with E-state index in [1.54, 1.807) is 0 Å². The van der Waals surface area contributed by atoms with E-state index in [0.29, 0.717) is 0 Å². The van der Waals surface area contributed by atoms with E-state index in [1.165, 1.54) is 10.1 Å². The van der Waals surface area contributed by atoms with Gasteiger partial charge in [0.15, 0.2) is 0 Å². The summed E-state index contributed by atoms with van der Waals surface area (Å²) in [5, 5.41) is 23.5. The maximum atomic E-state index is 10.4. The highest BCUT2D eigenvalue weighted by molar-refractivity contribution is 5.46. The molecular formula is C15H23N3O2. The SMILES string of the molecule is CN(C)c1ccc(C2N(O)[C@H]3CCCC[C@@H]3N2O)cc1. The van der Waals surface area contributed by atoms with Crippen molar-refractivity contribution in [2.75, 3.05) is 19.0 Å². The first-order chi connectivity index (χ1) is 9.59. The van der Waals surface area contributed by atoms with Gasteiger partial charge in [-0.05, 0) is 30.5 Å². The lowest BCUT2D eigenvalue weighted by atomic mass is 9.91. The Kier molecular flexibility index (Phi) is 3.69. The molecule has 2 atom stereocenters. The highest BCUT2D eigenvalue weighted by Crippen LogP contribution is 2.41. The zero-order valence-electron chi connectivity index (χ0n) is 12.1. The van der Waals surface area contributed by atoms with Crippen molar-refractivity contribution in [3.8, 4) is 0 Å². The Bertz CT molecular complexity index is 445. The molecule has 0 spiro atoms. The molecule has 2 aliphatic rings. The molecule has 110 valence electrons. The zero-order chi connectivity index (χ0) is 14.3. The molecule has 1 heterocycles. The molecule has 0 unspecified atom stereocenters. The summed E-state index contributed by atoms with van der Waals surface area (Å²) in [4.78, 5) is 2.03. The van der Waals surface area contributed by atoms with E-state index in [4.69, 9.17) is 0 Å². The second-order valence-corrected chi connectivity index (χ2v) is 6.04. The van der Waals surface area contributed by atoms with Gasteiger partial charge in [0.2, 0.25) is 0 Å². The van der Waals surface area contributed by atoms with Gasteiger partial charge in [0.25, 0.3) is 0 Å². The number of nitrogens with zero attached hydrogens (tertiary/aromatic N) is 3. The van der Waals surface area contributed by atoms with Crippen molar-refractivity contribution in [3.05, 3.63) is 29.8 Å². The van der Waals surface area contributed by atoms with Crippen molar-refractivity contribution < 1.29 is 10.4 Å². The Morgan fingerprint density at radius 3 is 1.90 bits per heavy atom. The van der Waals surface area contributed by atoms with Crippen LogP contribution >= 0.6 is 0 Å². The summed E-state index contributed by atoms with van der Waals surface area (Å²) in [7, 11) is 3.99. The number of benzene rings is 1. The molecule has 20 heavy (non-hydrogen) atoms. The van der Waals surface area contributed by atoms with Crippen LogP contribution in [0, 0.1) is 0 Å². The first kappa shape index (κ1) is 13.8. The number of anilines is 1. The lowest BCUT2D eigenvalue weighted by molar-refractivity contribution is -0.211. The zero-order valence-corrected chi connectivity index (χ0v) is 12.1. The molecule has 1 aliphatic heterocycles. The summed E-state index contributed by atoms with van der Waals surface area (Å²) >= 11 is 0. The molecule has 1 aliphatic carbocycles. The van der Waals surface area contributed by atoms with Crippen LogP contribution in [0.1, 0.15) is 37.4 Å². The van der Waals surface area contributed by atoms with Gasteiger partial charge in [-0.1, -0.05) is 25.0 Å². The van der Waals surface area contributed by atoms with E-state index in [2.05, 4.69) is 0 Å². The van der Waals surface area contributed by atoms with E-state index in [-0.39, 0.29) is 12.1 Å². The maximum Gasteiger partial charge on any atom is 0.136 e. The van der Waals surface area contributed by atoms with E-state index >= 15 is 0 Å². The molecule has 2 N–H and O–H groups in total. The Balaban J connectivity index is 1.85. The van der Waals surface area contributed by atoms with E-state index in [9.17, 15) is 10.4 Å². The van der Waals surface area contributed by atoms with Gasteiger partial charge in [-0.3, -0.25) is 0 Å². The largest absolute Gasteiger partial charge is 0.378 e. The summed E-state index contributed by atoms with van der Waals surface area (Å²) < 4.78 is 0. The first-order valence-electron chi connectivity index (χ1n) is 7.31. The standard InChI is InChI=1S/C15H23N3O2/c1-16(2)12-9-7-11(8-10-12)15-17(19)13-5-3-4-6-14(13)18(15)20/h7-10,13-15,19-20H,3-6H2,1-2H3/t13-,14-/m0/s1. The van der Waals surface area contributed by atoms with E-state index < -0.39 is 6.17 Å². The lowest BCUT2D eigenvalue weighted by Gasteiger charge is -2.27. The number of rotatable bonds is 2. The van der Waals surface area contributed by atoms with Crippen molar-refractivity contribution in [2.24, 2.45) is 0 Å². The predicted molar refractivity (Wildman–Crippen MR) is 76.8 cm³/mol.